The highest BCUT2D eigenvalue weighted by Gasteiger charge is 2.32. The van der Waals surface area contributed by atoms with Gasteiger partial charge in [0.05, 0.1) is 19.3 Å². The van der Waals surface area contributed by atoms with Gasteiger partial charge in [-0.1, -0.05) is 18.2 Å². The molecular weight excluding hydrogens is 406 g/mol. The molecule has 1 aromatic rings. The molecule has 3 heterocycles. The van der Waals surface area contributed by atoms with Crippen molar-refractivity contribution in [3.05, 3.63) is 30.3 Å². The van der Waals surface area contributed by atoms with Crippen LogP contribution in [0.25, 0.3) is 0 Å². The Labute approximate surface area is 191 Å². The summed E-state index contributed by atoms with van der Waals surface area (Å²) in [6.07, 6.45) is 2.91. The second-order valence-electron chi connectivity index (χ2n) is 8.60. The van der Waals surface area contributed by atoms with Gasteiger partial charge in [0.2, 0.25) is 5.91 Å². The molecule has 3 fully saturated rings. The summed E-state index contributed by atoms with van der Waals surface area (Å²) in [6.45, 7) is 9.77. The molecule has 8 nitrogen and oxygen atoms in total. The lowest BCUT2D eigenvalue weighted by Gasteiger charge is -2.37. The molecule has 0 bridgehead atoms. The van der Waals surface area contributed by atoms with Crippen LogP contribution in [-0.2, 0) is 14.3 Å². The first kappa shape index (κ1) is 22.9. The van der Waals surface area contributed by atoms with Crippen LogP contribution in [0.5, 0.6) is 0 Å². The molecule has 0 aliphatic carbocycles. The summed E-state index contributed by atoms with van der Waals surface area (Å²) in [4.78, 5) is 24.1. The Morgan fingerprint density at radius 2 is 1.81 bits per heavy atom. The van der Waals surface area contributed by atoms with Crippen molar-refractivity contribution in [2.75, 3.05) is 70.5 Å². The van der Waals surface area contributed by atoms with E-state index in [0.29, 0.717) is 19.6 Å². The Bertz CT molecular complexity index is 745. The maximum Gasteiger partial charge on any atom is 0.224 e. The molecule has 32 heavy (non-hydrogen) atoms. The number of benzene rings is 1. The van der Waals surface area contributed by atoms with Crippen molar-refractivity contribution in [3.63, 3.8) is 0 Å². The van der Waals surface area contributed by atoms with E-state index >= 15 is 0 Å². The third kappa shape index (κ3) is 5.92. The zero-order valence-corrected chi connectivity index (χ0v) is 19.2. The monoisotopic (exact) mass is 443 g/mol. The zero-order valence-electron chi connectivity index (χ0n) is 19.2. The number of nitrogens with one attached hydrogen (secondary N) is 1. The van der Waals surface area contributed by atoms with Gasteiger partial charge in [-0.2, -0.15) is 0 Å². The molecule has 1 aromatic carbocycles. The van der Waals surface area contributed by atoms with Gasteiger partial charge >= 0.3 is 0 Å². The molecule has 4 rings (SSSR count). The summed E-state index contributed by atoms with van der Waals surface area (Å²) in [5.41, 5.74) is 1.23. The van der Waals surface area contributed by atoms with E-state index < -0.39 is 0 Å². The average molecular weight is 444 g/mol. The van der Waals surface area contributed by atoms with Crippen LogP contribution in [0.3, 0.4) is 0 Å². The summed E-state index contributed by atoms with van der Waals surface area (Å²) in [6, 6.07) is 10.4. The molecule has 176 valence electrons. The first-order chi connectivity index (χ1) is 15.7. The fraction of sp³-hybridized carbons (Fsp3) is 0.667. The van der Waals surface area contributed by atoms with Crippen LogP contribution >= 0.6 is 0 Å². The number of carbonyl (C=O) groups is 1. The molecule has 8 heteroatoms. The maximum atomic E-state index is 12.8. The minimum atomic E-state index is 0.0950. The topological polar surface area (TPSA) is 69.6 Å². The Hall–Kier alpha value is -2.32. The molecule has 0 saturated carbocycles. The van der Waals surface area contributed by atoms with Crippen LogP contribution in [0.15, 0.2) is 35.3 Å². The molecular formula is C24H37N5O3. The zero-order chi connectivity index (χ0) is 22.2. The van der Waals surface area contributed by atoms with Crippen LogP contribution in [0.2, 0.25) is 0 Å². The predicted octanol–water partition coefficient (Wildman–Crippen LogP) is 1.57. The van der Waals surface area contributed by atoms with E-state index in [4.69, 9.17) is 14.5 Å². The number of anilines is 1. The van der Waals surface area contributed by atoms with Crippen LogP contribution in [0.4, 0.5) is 5.69 Å². The number of hydrogen-bond acceptors (Lipinski definition) is 5. The van der Waals surface area contributed by atoms with Gasteiger partial charge < -0.3 is 29.5 Å². The van der Waals surface area contributed by atoms with Gasteiger partial charge in [-0.25, -0.2) is 0 Å². The Balaban J connectivity index is 1.25. The second-order valence-corrected chi connectivity index (χ2v) is 8.60. The molecule has 1 N–H and O–H groups in total. The van der Waals surface area contributed by atoms with E-state index in [-0.39, 0.29) is 18.1 Å². The quantitative estimate of drug-likeness (QED) is 0.532. The van der Waals surface area contributed by atoms with Gasteiger partial charge in [0, 0.05) is 64.5 Å². The van der Waals surface area contributed by atoms with Crippen molar-refractivity contribution in [2.24, 2.45) is 4.99 Å². The van der Waals surface area contributed by atoms with E-state index in [9.17, 15) is 4.79 Å². The number of aliphatic imine (C=N–C) groups is 1. The third-order valence-electron chi connectivity index (χ3n) is 6.45. The van der Waals surface area contributed by atoms with Gasteiger partial charge in [-0.3, -0.25) is 9.79 Å². The van der Waals surface area contributed by atoms with Crippen molar-refractivity contribution in [3.8, 4) is 0 Å². The highest BCUT2D eigenvalue weighted by Crippen LogP contribution is 2.21. The predicted molar refractivity (Wildman–Crippen MR) is 126 cm³/mol. The largest absolute Gasteiger partial charge is 0.375 e. The van der Waals surface area contributed by atoms with E-state index in [0.717, 1.165) is 71.2 Å². The van der Waals surface area contributed by atoms with E-state index in [2.05, 4.69) is 46.3 Å². The highest BCUT2D eigenvalue weighted by molar-refractivity contribution is 5.81. The molecule has 3 aliphatic rings. The first-order valence-electron chi connectivity index (χ1n) is 12.1. The average Bonchev–Trinajstić information content (AvgIpc) is 3.39. The van der Waals surface area contributed by atoms with Crippen molar-refractivity contribution in [1.82, 2.24) is 15.1 Å². The summed E-state index contributed by atoms with van der Waals surface area (Å²) in [7, 11) is 0. The lowest BCUT2D eigenvalue weighted by Crippen LogP contribution is -2.53. The van der Waals surface area contributed by atoms with Crippen LogP contribution in [0.1, 0.15) is 26.2 Å². The van der Waals surface area contributed by atoms with Crippen molar-refractivity contribution >= 4 is 17.6 Å². The van der Waals surface area contributed by atoms with E-state index in [1.165, 1.54) is 5.69 Å². The minimum absolute atomic E-state index is 0.0950. The summed E-state index contributed by atoms with van der Waals surface area (Å²) in [5.74, 6) is 1.07. The summed E-state index contributed by atoms with van der Waals surface area (Å²) < 4.78 is 11.8. The molecule has 3 saturated heterocycles. The smallest absolute Gasteiger partial charge is 0.224 e. The molecule has 1 amide bonds. The number of rotatable bonds is 6. The van der Waals surface area contributed by atoms with Gasteiger partial charge in [-0.15, -0.1) is 0 Å². The summed E-state index contributed by atoms with van der Waals surface area (Å²) in [5, 5.41) is 3.39. The molecule has 0 spiro atoms. The van der Waals surface area contributed by atoms with Crippen molar-refractivity contribution in [1.29, 1.82) is 0 Å². The van der Waals surface area contributed by atoms with Gasteiger partial charge in [0.25, 0.3) is 0 Å². The van der Waals surface area contributed by atoms with Gasteiger partial charge in [0.1, 0.15) is 6.10 Å². The molecule has 0 radical (unpaired) electrons. The molecule has 2 atom stereocenters. The Morgan fingerprint density at radius 3 is 2.53 bits per heavy atom. The number of piperazine rings is 1. The Morgan fingerprint density at radius 1 is 1.03 bits per heavy atom. The number of guanidine groups is 1. The second kappa shape index (κ2) is 11.5. The van der Waals surface area contributed by atoms with Crippen LogP contribution in [-0.4, -0.2) is 99.4 Å². The fourth-order valence-corrected chi connectivity index (χ4v) is 4.68. The SMILES string of the molecule is CCNC(=NCCC(=O)N1CCN(c2ccccc2)CC1)N1CCOC(C2CCCO2)C1. The van der Waals surface area contributed by atoms with Gasteiger partial charge in [-0.05, 0) is 31.9 Å². The lowest BCUT2D eigenvalue weighted by molar-refractivity contribution is -0.131. The number of nitrogens with zero attached hydrogens (tertiary/aromatic N) is 4. The van der Waals surface area contributed by atoms with E-state index in [1.54, 1.807) is 0 Å². The minimum Gasteiger partial charge on any atom is -0.375 e. The number of carbonyl (C=O) groups excluding carboxylic acids is 1. The number of ether oxygens (including phenoxy) is 2. The number of hydrogen-bond donors (Lipinski definition) is 1. The van der Waals surface area contributed by atoms with E-state index in [1.807, 2.05) is 11.0 Å². The number of para-hydroxylation sites is 1. The molecule has 2 unspecified atom stereocenters. The van der Waals surface area contributed by atoms with Crippen molar-refractivity contribution < 1.29 is 14.3 Å². The summed E-state index contributed by atoms with van der Waals surface area (Å²) >= 11 is 0. The standard InChI is InChI=1S/C24H37N5O3/c1-2-25-24(29-16-18-32-22(19-29)21-9-6-17-31-21)26-11-10-23(30)28-14-12-27(13-15-28)20-7-4-3-5-8-20/h3-5,7-8,21-22H,2,6,9-19H2,1H3,(H,25,26). The molecule has 3 aliphatic heterocycles. The normalized spacial score (nSPS) is 24.7. The third-order valence-corrected chi connectivity index (χ3v) is 6.45. The number of amides is 1. The lowest BCUT2D eigenvalue weighted by atomic mass is 10.1. The fourth-order valence-electron chi connectivity index (χ4n) is 4.68. The van der Waals surface area contributed by atoms with Crippen LogP contribution < -0.4 is 10.2 Å². The Kier molecular flexibility index (Phi) is 8.23. The van der Waals surface area contributed by atoms with Gasteiger partial charge in [0.15, 0.2) is 5.96 Å². The highest BCUT2D eigenvalue weighted by atomic mass is 16.5. The van der Waals surface area contributed by atoms with Crippen LogP contribution in [0, 0.1) is 0 Å². The first-order valence-corrected chi connectivity index (χ1v) is 12.1. The van der Waals surface area contributed by atoms with Crippen molar-refractivity contribution in [2.45, 2.75) is 38.4 Å². The molecule has 0 aromatic heterocycles. The maximum absolute atomic E-state index is 12.8. The number of morpholine rings is 1.